The fraction of sp³-hybridized carbons (Fsp3) is 0.200. The Bertz CT molecular complexity index is 634. The van der Waals surface area contributed by atoms with Crippen LogP contribution in [0.5, 0.6) is 11.5 Å². The van der Waals surface area contributed by atoms with Crippen LogP contribution in [-0.4, -0.2) is 16.9 Å². The molecule has 0 atom stereocenters. The highest BCUT2D eigenvalue weighted by Crippen LogP contribution is 2.32. The van der Waals surface area contributed by atoms with E-state index in [9.17, 15) is 0 Å². The van der Waals surface area contributed by atoms with Gasteiger partial charge in [0.2, 0.25) is 6.79 Å². The van der Waals surface area contributed by atoms with E-state index >= 15 is 0 Å². The van der Waals surface area contributed by atoms with Crippen molar-refractivity contribution < 1.29 is 9.47 Å². The van der Waals surface area contributed by atoms with E-state index in [1.165, 1.54) is 0 Å². The topological polar surface area (TPSA) is 55.4 Å². The highest BCUT2D eigenvalue weighted by molar-refractivity contribution is 7.80. The fourth-order valence-electron chi connectivity index (χ4n) is 1.97. The molecule has 0 amide bonds. The molecule has 3 rings (SSSR count). The molecule has 2 heterocycles. The molecule has 2 aromatic rings. The summed E-state index contributed by atoms with van der Waals surface area (Å²) < 4.78 is 10.6. The van der Waals surface area contributed by atoms with Crippen LogP contribution in [0.4, 0.5) is 0 Å². The van der Waals surface area contributed by atoms with Crippen molar-refractivity contribution in [3.8, 4) is 11.5 Å². The van der Waals surface area contributed by atoms with Crippen LogP contribution in [-0.2, 0) is 13.1 Å². The molecule has 21 heavy (non-hydrogen) atoms. The monoisotopic (exact) mass is 301 g/mol. The van der Waals surface area contributed by atoms with E-state index in [-0.39, 0.29) is 6.79 Å². The average Bonchev–Trinajstić information content (AvgIpc) is 2.99. The van der Waals surface area contributed by atoms with Crippen LogP contribution < -0.4 is 20.1 Å². The van der Waals surface area contributed by atoms with Gasteiger partial charge in [-0.25, -0.2) is 0 Å². The molecule has 1 aliphatic rings. The second-order valence-electron chi connectivity index (χ2n) is 4.54. The highest BCUT2D eigenvalue weighted by Gasteiger charge is 2.12. The van der Waals surface area contributed by atoms with E-state index in [0.29, 0.717) is 18.2 Å². The molecule has 0 bridgehead atoms. The van der Waals surface area contributed by atoms with E-state index in [1.807, 2.05) is 36.4 Å². The number of nitrogens with zero attached hydrogens (tertiary/aromatic N) is 1. The van der Waals surface area contributed by atoms with Gasteiger partial charge in [0, 0.05) is 12.7 Å². The van der Waals surface area contributed by atoms with Gasteiger partial charge in [-0.2, -0.15) is 0 Å². The molecule has 0 saturated heterocycles. The number of nitrogens with one attached hydrogen (secondary N) is 2. The second kappa shape index (κ2) is 6.41. The second-order valence-corrected chi connectivity index (χ2v) is 4.95. The van der Waals surface area contributed by atoms with Crippen LogP contribution in [0.25, 0.3) is 0 Å². The smallest absolute Gasteiger partial charge is 0.231 e. The summed E-state index contributed by atoms with van der Waals surface area (Å²) in [5, 5.41) is 6.88. The van der Waals surface area contributed by atoms with Crippen molar-refractivity contribution in [2.75, 3.05) is 6.79 Å². The third-order valence-electron chi connectivity index (χ3n) is 3.05. The molecular formula is C15H15N3O2S. The van der Waals surface area contributed by atoms with Crippen molar-refractivity contribution in [1.29, 1.82) is 0 Å². The Kier molecular flexibility index (Phi) is 4.16. The van der Waals surface area contributed by atoms with Crippen molar-refractivity contribution in [1.82, 2.24) is 15.6 Å². The Morgan fingerprint density at radius 3 is 2.81 bits per heavy atom. The number of thiocarbonyl (C=S) groups is 1. The first kappa shape index (κ1) is 13.6. The Morgan fingerprint density at radius 1 is 1.10 bits per heavy atom. The lowest BCUT2D eigenvalue weighted by Gasteiger charge is -2.10. The summed E-state index contributed by atoms with van der Waals surface area (Å²) in [6, 6.07) is 11.6. The number of rotatable bonds is 4. The summed E-state index contributed by atoms with van der Waals surface area (Å²) in [7, 11) is 0. The molecule has 6 heteroatoms. The molecule has 0 saturated carbocycles. The summed E-state index contributed by atoms with van der Waals surface area (Å²) in [4.78, 5) is 4.23. The summed E-state index contributed by atoms with van der Waals surface area (Å²) in [6.07, 6.45) is 1.76. The maximum absolute atomic E-state index is 5.34. The SMILES string of the molecule is S=C(NCc1ccc2c(c1)OCO2)NCc1ccccn1. The van der Waals surface area contributed by atoms with Crippen LogP contribution in [0.3, 0.4) is 0 Å². The molecule has 108 valence electrons. The van der Waals surface area contributed by atoms with Gasteiger partial charge in [-0.05, 0) is 42.0 Å². The van der Waals surface area contributed by atoms with E-state index in [4.69, 9.17) is 21.7 Å². The third kappa shape index (κ3) is 3.61. The van der Waals surface area contributed by atoms with Crippen LogP contribution in [0.15, 0.2) is 42.6 Å². The molecule has 1 aliphatic heterocycles. The zero-order valence-electron chi connectivity index (χ0n) is 11.3. The van der Waals surface area contributed by atoms with Crippen LogP contribution >= 0.6 is 12.2 Å². The Hall–Kier alpha value is -2.34. The molecule has 5 nitrogen and oxygen atoms in total. The number of fused-ring (bicyclic) bond motifs is 1. The molecular weight excluding hydrogens is 286 g/mol. The van der Waals surface area contributed by atoms with Crippen molar-refractivity contribution >= 4 is 17.3 Å². The van der Waals surface area contributed by atoms with Crippen LogP contribution in [0.2, 0.25) is 0 Å². The number of aromatic nitrogens is 1. The predicted octanol–water partition coefficient (Wildman–Crippen LogP) is 1.97. The number of pyridine rings is 1. The first-order chi connectivity index (χ1) is 10.3. The predicted molar refractivity (Wildman–Crippen MR) is 83.1 cm³/mol. The number of hydrogen-bond donors (Lipinski definition) is 2. The van der Waals surface area contributed by atoms with Gasteiger partial charge in [-0.15, -0.1) is 0 Å². The summed E-state index contributed by atoms with van der Waals surface area (Å²) in [6.45, 7) is 1.52. The van der Waals surface area contributed by atoms with Gasteiger partial charge in [0.1, 0.15) is 0 Å². The minimum Gasteiger partial charge on any atom is -0.454 e. The molecule has 1 aromatic heterocycles. The average molecular weight is 301 g/mol. The first-order valence-electron chi connectivity index (χ1n) is 6.61. The largest absolute Gasteiger partial charge is 0.454 e. The van der Waals surface area contributed by atoms with Crippen molar-refractivity contribution in [3.05, 3.63) is 53.9 Å². The molecule has 0 aliphatic carbocycles. The van der Waals surface area contributed by atoms with E-state index in [1.54, 1.807) is 6.20 Å². The van der Waals surface area contributed by atoms with E-state index in [2.05, 4.69) is 15.6 Å². The van der Waals surface area contributed by atoms with Crippen molar-refractivity contribution in [2.45, 2.75) is 13.1 Å². The Morgan fingerprint density at radius 2 is 1.95 bits per heavy atom. The molecule has 0 fully saturated rings. The Balaban J connectivity index is 1.47. The summed E-state index contributed by atoms with van der Waals surface area (Å²) in [5.41, 5.74) is 2.03. The zero-order chi connectivity index (χ0) is 14.5. The van der Waals surface area contributed by atoms with Crippen molar-refractivity contribution in [3.63, 3.8) is 0 Å². The maximum atomic E-state index is 5.34. The van der Waals surface area contributed by atoms with E-state index in [0.717, 1.165) is 22.8 Å². The van der Waals surface area contributed by atoms with Gasteiger partial charge in [0.05, 0.1) is 12.2 Å². The number of benzene rings is 1. The van der Waals surface area contributed by atoms with Gasteiger partial charge in [0.15, 0.2) is 16.6 Å². The van der Waals surface area contributed by atoms with E-state index < -0.39 is 0 Å². The van der Waals surface area contributed by atoms with Gasteiger partial charge in [-0.1, -0.05) is 12.1 Å². The van der Waals surface area contributed by atoms with Gasteiger partial charge >= 0.3 is 0 Å². The van der Waals surface area contributed by atoms with Gasteiger partial charge in [-0.3, -0.25) is 4.98 Å². The number of hydrogen-bond acceptors (Lipinski definition) is 4. The lowest BCUT2D eigenvalue weighted by Crippen LogP contribution is -2.34. The molecule has 1 aromatic carbocycles. The summed E-state index contributed by atoms with van der Waals surface area (Å²) in [5.74, 6) is 1.57. The normalized spacial score (nSPS) is 12.0. The lowest BCUT2D eigenvalue weighted by atomic mass is 10.2. The highest BCUT2D eigenvalue weighted by atomic mass is 32.1. The number of ether oxygens (including phenoxy) is 2. The molecule has 0 radical (unpaired) electrons. The van der Waals surface area contributed by atoms with Crippen LogP contribution in [0, 0.1) is 0 Å². The lowest BCUT2D eigenvalue weighted by molar-refractivity contribution is 0.174. The fourth-order valence-corrected chi connectivity index (χ4v) is 2.11. The molecule has 0 spiro atoms. The quantitative estimate of drug-likeness (QED) is 0.842. The zero-order valence-corrected chi connectivity index (χ0v) is 12.2. The minimum absolute atomic E-state index is 0.288. The third-order valence-corrected chi connectivity index (χ3v) is 3.33. The van der Waals surface area contributed by atoms with Crippen LogP contribution in [0.1, 0.15) is 11.3 Å². The Labute approximate surface area is 128 Å². The van der Waals surface area contributed by atoms with Gasteiger partial charge in [0.25, 0.3) is 0 Å². The summed E-state index contributed by atoms with van der Waals surface area (Å²) >= 11 is 5.25. The minimum atomic E-state index is 0.288. The standard InChI is InChI=1S/C15H15N3O2S/c21-15(18-9-12-3-1-2-6-16-12)17-8-11-4-5-13-14(7-11)20-10-19-13/h1-7H,8-10H2,(H2,17,18,21). The maximum Gasteiger partial charge on any atom is 0.231 e. The first-order valence-corrected chi connectivity index (χ1v) is 7.02. The van der Waals surface area contributed by atoms with Gasteiger partial charge < -0.3 is 20.1 Å². The van der Waals surface area contributed by atoms with Crippen molar-refractivity contribution in [2.24, 2.45) is 0 Å². The molecule has 0 unspecified atom stereocenters. The molecule has 2 N–H and O–H groups in total.